The molecule has 0 heterocycles. The zero-order valence-electron chi connectivity index (χ0n) is 16.2. The van der Waals surface area contributed by atoms with E-state index in [2.05, 4.69) is 10.6 Å². The van der Waals surface area contributed by atoms with Crippen molar-refractivity contribution in [2.75, 3.05) is 0 Å². The van der Waals surface area contributed by atoms with E-state index in [-0.39, 0.29) is 17.7 Å². The molecule has 146 valence electrons. The lowest BCUT2D eigenvalue weighted by molar-refractivity contribution is -0.132. The van der Waals surface area contributed by atoms with Gasteiger partial charge in [-0.25, -0.2) is 0 Å². The molecule has 0 fully saturated rings. The molecule has 0 unspecified atom stereocenters. The van der Waals surface area contributed by atoms with Crippen molar-refractivity contribution in [3.8, 4) is 11.1 Å². The first-order valence-corrected chi connectivity index (χ1v) is 9.36. The zero-order valence-corrected chi connectivity index (χ0v) is 16.2. The van der Waals surface area contributed by atoms with Crippen molar-refractivity contribution in [2.24, 2.45) is 11.7 Å². The second kappa shape index (κ2) is 7.84. The SMILES string of the molecule is CC(=O)N[C@@H](C(=O)N[C@@H](C(N)=O)C1c2ccccc2-c2ccccc21)C(C)C. The third-order valence-corrected chi connectivity index (χ3v) is 5.13. The molecule has 2 atom stereocenters. The third-order valence-electron chi connectivity index (χ3n) is 5.13. The van der Waals surface area contributed by atoms with E-state index in [1.165, 1.54) is 6.92 Å². The molecular weight excluding hydrogens is 354 g/mol. The maximum absolute atomic E-state index is 12.9. The average molecular weight is 379 g/mol. The van der Waals surface area contributed by atoms with E-state index < -0.39 is 23.9 Å². The standard InChI is InChI=1S/C22H25N3O3/c1-12(2)19(24-13(3)26)22(28)25-20(21(23)27)18-16-10-6-4-8-14(16)15-9-5-7-11-17(15)18/h4-12,18-20H,1-3H3,(H2,23,27)(H,24,26)(H,25,28)/t19-,20-/m1/s1. The number of hydrogen-bond donors (Lipinski definition) is 3. The van der Waals surface area contributed by atoms with E-state index in [0.29, 0.717) is 0 Å². The van der Waals surface area contributed by atoms with Gasteiger partial charge in [-0.05, 0) is 28.2 Å². The van der Waals surface area contributed by atoms with Gasteiger partial charge in [-0.3, -0.25) is 14.4 Å². The van der Waals surface area contributed by atoms with Crippen LogP contribution in [-0.4, -0.2) is 29.8 Å². The van der Waals surface area contributed by atoms with Gasteiger partial charge in [-0.2, -0.15) is 0 Å². The fraction of sp³-hybridized carbons (Fsp3) is 0.318. The molecule has 3 amide bonds. The van der Waals surface area contributed by atoms with Gasteiger partial charge in [0.05, 0.1) is 0 Å². The molecule has 1 aliphatic carbocycles. The summed E-state index contributed by atoms with van der Waals surface area (Å²) in [5.74, 6) is -1.85. The Bertz CT molecular complexity index is 877. The first-order valence-electron chi connectivity index (χ1n) is 9.36. The van der Waals surface area contributed by atoms with E-state index in [9.17, 15) is 14.4 Å². The molecule has 2 aromatic rings. The molecule has 0 aliphatic heterocycles. The smallest absolute Gasteiger partial charge is 0.243 e. The highest BCUT2D eigenvalue weighted by molar-refractivity contribution is 5.94. The molecule has 0 saturated carbocycles. The average Bonchev–Trinajstić information content (AvgIpc) is 2.98. The number of carbonyl (C=O) groups excluding carboxylic acids is 3. The zero-order chi connectivity index (χ0) is 20.4. The van der Waals surface area contributed by atoms with Gasteiger partial charge in [0, 0.05) is 12.8 Å². The highest BCUT2D eigenvalue weighted by Gasteiger charge is 2.39. The van der Waals surface area contributed by atoms with Crippen LogP contribution in [0.3, 0.4) is 0 Å². The fourth-order valence-electron chi connectivity index (χ4n) is 3.87. The lowest BCUT2D eigenvalue weighted by atomic mass is 9.88. The Morgan fingerprint density at radius 2 is 1.39 bits per heavy atom. The maximum atomic E-state index is 12.9. The van der Waals surface area contributed by atoms with Crippen LogP contribution in [0.4, 0.5) is 0 Å². The van der Waals surface area contributed by atoms with Crippen molar-refractivity contribution in [1.29, 1.82) is 0 Å². The minimum absolute atomic E-state index is 0.138. The van der Waals surface area contributed by atoms with Gasteiger partial charge in [0.15, 0.2) is 0 Å². The van der Waals surface area contributed by atoms with Crippen LogP contribution < -0.4 is 16.4 Å². The first-order chi connectivity index (χ1) is 13.3. The van der Waals surface area contributed by atoms with E-state index >= 15 is 0 Å². The molecule has 0 aromatic heterocycles. The van der Waals surface area contributed by atoms with Gasteiger partial charge in [-0.15, -0.1) is 0 Å². The molecule has 3 rings (SSSR count). The number of rotatable bonds is 6. The van der Waals surface area contributed by atoms with Crippen LogP contribution in [0, 0.1) is 5.92 Å². The van der Waals surface area contributed by atoms with Crippen molar-refractivity contribution >= 4 is 17.7 Å². The molecule has 2 aromatic carbocycles. The van der Waals surface area contributed by atoms with Gasteiger partial charge in [0.25, 0.3) is 0 Å². The largest absolute Gasteiger partial charge is 0.368 e. The van der Waals surface area contributed by atoms with E-state index in [1.807, 2.05) is 62.4 Å². The Kier molecular flexibility index (Phi) is 5.49. The van der Waals surface area contributed by atoms with Crippen LogP contribution >= 0.6 is 0 Å². The van der Waals surface area contributed by atoms with Crippen LogP contribution in [0.5, 0.6) is 0 Å². The topological polar surface area (TPSA) is 101 Å². The number of hydrogen-bond acceptors (Lipinski definition) is 3. The number of primary amides is 1. The van der Waals surface area contributed by atoms with Crippen LogP contribution in [0.1, 0.15) is 37.8 Å². The maximum Gasteiger partial charge on any atom is 0.243 e. The van der Waals surface area contributed by atoms with E-state index in [4.69, 9.17) is 5.73 Å². The molecule has 0 radical (unpaired) electrons. The number of benzene rings is 2. The summed E-state index contributed by atoms with van der Waals surface area (Å²) in [4.78, 5) is 36.7. The summed E-state index contributed by atoms with van der Waals surface area (Å²) in [6, 6.07) is 14.0. The Balaban J connectivity index is 1.98. The van der Waals surface area contributed by atoms with Gasteiger partial charge >= 0.3 is 0 Å². The summed E-state index contributed by atoms with van der Waals surface area (Å²) in [6.07, 6.45) is 0. The van der Waals surface area contributed by atoms with Crippen molar-refractivity contribution < 1.29 is 14.4 Å². The molecule has 28 heavy (non-hydrogen) atoms. The number of amides is 3. The Labute approximate surface area is 164 Å². The van der Waals surface area contributed by atoms with Gasteiger partial charge < -0.3 is 16.4 Å². The second-order valence-electron chi connectivity index (χ2n) is 7.46. The number of nitrogens with two attached hydrogens (primary N) is 1. The quantitative estimate of drug-likeness (QED) is 0.715. The number of nitrogens with one attached hydrogen (secondary N) is 2. The fourth-order valence-corrected chi connectivity index (χ4v) is 3.87. The predicted molar refractivity (Wildman–Crippen MR) is 107 cm³/mol. The molecular formula is C22H25N3O3. The molecule has 4 N–H and O–H groups in total. The summed E-state index contributed by atoms with van der Waals surface area (Å²) in [5.41, 5.74) is 9.69. The Morgan fingerprint density at radius 3 is 1.82 bits per heavy atom. The van der Waals surface area contributed by atoms with Crippen molar-refractivity contribution in [2.45, 2.75) is 38.8 Å². The van der Waals surface area contributed by atoms with E-state index in [1.54, 1.807) is 0 Å². The van der Waals surface area contributed by atoms with Crippen LogP contribution in [0.2, 0.25) is 0 Å². The lowest BCUT2D eigenvalue weighted by Crippen LogP contribution is -2.56. The lowest BCUT2D eigenvalue weighted by Gasteiger charge is -2.28. The van der Waals surface area contributed by atoms with Crippen molar-refractivity contribution in [3.63, 3.8) is 0 Å². The van der Waals surface area contributed by atoms with E-state index in [0.717, 1.165) is 22.3 Å². The third kappa shape index (κ3) is 3.63. The second-order valence-corrected chi connectivity index (χ2v) is 7.46. The Hall–Kier alpha value is -3.15. The van der Waals surface area contributed by atoms with Gasteiger partial charge in [0.2, 0.25) is 17.7 Å². The molecule has 6 nitrogen and oxygen atoms in total. The monoisotopic (exact) mass is 379 g/mol. The summed E-state index contributed by atoms with van der Waals surface area (Å²) in [6.45, 7) is 5.02. The molecule has 0 saturated heterocycles. The normalized spacial score (nSPS) is 14.7. The minimum Gasteiger partial charge on any atom is -0.368 e. The number of carbonyl (C=O) groups is 3. The minimum atomic E-state index is -0.924. The Morgan fingerprint density at radius 1 is 0.893 bits per heavy atom. The first kappa shape index (κ1) is 19.6. The van der Waals surface area contributed by atoms with Gasteiger partial charge in [0.1, 0.15) is 12.1 Å². The van der Waals surface area contributed by atoms with Gasteiger partial charge in [-0.1, -0.05) is 62.4 Å². The van der Waals surface area contributed by atoms with Crippen LogP contribution in [0.25, 0.3) is 11.1 Å². The summed E-state index contributed by atoms with van der Waals surface area (Å²) in [7, 11) is 0. The summed E-state index contributed by atoms with van der Waals surface area (Å²) in [5, 5.41) is 5.45. The van der Waals surface area contributed by atoms with Crippen molar-refractivity contribution in [1.82, 2.24) is 10.6 Å². The van der Waals surface area contributed by atoms with Crippen LogP contribution in [-0.2, 0) is 14.4 Å². The van der Waals surface area contributed by atoms with Crippen molar-refractivity contribution in [3.05, 3.63) is 59.7 Å². The molecule has 1 aliphatic rings. The number of fused-ring (bicyclic) bond motifs is 3. The molecule has 0 spiro atoms. The highest BCUT2D eigenvalue weighted by atomic mass is 16.2. The molecule has 0 bridgehead atoms. The molecule has 6 heteroatoms. The highest BCUT2D eigenvalue weighted by Crippen LogP contribution is 2.46. The predicted octanol–water partition coefficient (Wildman–Crippen LogP) is 1.93. The summed E-state index contributed by atoms with van der Waals surface area (Å²) >= 11 is 0. The summed E-state index contributed by atoms with van der Waals surface area (Å²) < 4.78 is 0. The van der Waals surface area contributed by atoms with Crippen LogP contribution in [0.15, 0.2) is 48.5 Å².